The summed E-state index contributed by atoms with van der Waals surface area (Å²) in [4.78, 5) is 0. The van der Waals surface area contributed by atoms with Crippen molar-refractivity contribution in [3.05, 3.63) is 18.0 Å². The zero-order chi connectivity index (χ0) is 12.9. The lowest BCUT2D eigenvalue weighted by atomic mass is 9.77. The summed E-state index contributed by atoms with van der Waals surface area (Å²) in [5, 5.41) is 7.70. The Labute approximate surface area is 106 Å². The van der Waals surface area contributed by atoms with Gasteiger partial charge in [-0.25, -0.2) is 0 Å². The molecule has 1 N–H and O–H groups in total. The molecule has 0 aliphatic rings. The number of rotatable bonds is 6. The van der Waals surface area contributed by atoms with E-state index < -0.39 is 0 Å². The van der Waals surface area contributed by atoms with Crippen LogP contribution in [-0.4, -0.2) is 22.9 Å². The molecular weight excluding hydrogens is 210 g/mol. The summed E-state index contributed by atoms with van der Waals surface area (Å²) in [7, 11) is 1.98. The summed E-state index contributed by atoms with van der Waals surface area (Å²) < 4.78 is 1.88. The standard InChI is InChI=1S/C14H27N3/c1-6-15-10-13(14(2,3)4)8-7-12-9-16-17(5)11-12/h9,11,13,15H,6-8,10H2,1-5H3. The Bertz CT molecular complexity index is 322. The van der Waals surface area contributed by atoms with Crippen molar-refractivity contribution in [2.45, 2.75) is 40.5 Å². The van der Waals surface area contributed by atoms with Gasteiger partial charge in [0.1, 0.15) is 0 Å². The highest BCUT2D eigenvalue weighted by Crippen LogP contribution is 2.29. The Balaban J connectivity index is 2.49. The van der Waals surface area contributed by atoms with Crippen LogP contribution < -0.4 is 5.32 Å². The van der Waals surface area contributed by atoms with Crippen LogP contribution in [0.5, 0.6) is 0 Å². The van der Waals surface area contributed by atoms with Gasteiger partial charge in [0.2, 0.25) is 0 Å². The van der Waals surface area contributed by atoms with Crippen LogP contribution in [0.3, 0.4) is 0 Å². The van der Waals surface area contributed by atoms with E-state index in [9.17, 15) is 0 Å². The molecule has 1 unspecified atom stereocenters. The normalized spacial score (nSPS) is 13.9. The molecular formula is C14H27N3. The van der Waals surface area contributed by atoms with Crippen molar-refractivity contribution in [1.82, 2.24) is 15.1 Å². The molecule has 17 heavy (non-hydrogen) atoms. The van der Waals surface area contributed by atoms with E-state index in [1.54, 1.807) is 0 Å². The molecule has 3 heteroatoms. The largest absolute Gasteiger partial charge is 0.317 e. The molecule has 0 spiro atoms. The second-order valence-electron chi connectivity index (χ2n) is 5.93. The third kappa shape index (κ3) is 4.90. The van der Waals surface area contributed by atoms with Gasteiger partial charge in [0.05, 0.1) is 6.20 Å². The first-order valence-electron chi connectivity index (χ1n) is 6.61. The Morgan fingerprint density at radius 1 is 1.41 bits per heavy atom. The lowest BCUT2D eigenvalue weighted by Gasteiger charge is -2.31. The fourth-order valence-electron chi connectivity index (χ4n) is 2.10. The number of hydrogen-bond acceptors (Lipinski definition) is 2. The second-order valence-corrected chi connectivity index (χ2v) is 5.93. The molecule has 0 aliphatic heterocycles. The summed E-state index contributed by atoms with van der Waals surface area (Å²) in [5.74, 6) is 0.711. The Morgan fingerprint density at radius 3 is 2.59 bits per heavy atom. The number of nitrogens with one attached hydrogen (secondary N) is 1. The zero-order valence-electron chi connectivity index (χ0n) is 12.0. The summed E-state index contributed by atoms with van der Waals surface area (Å²) >= 11 is 0. The van der Waals surface area contributed by atoms with Gasteiger partial charge in [-0.3, -0.25) is 4.68 Å². The van der Waals surface area contributed by atoms with Crippen LogP contribution in [0.1, 0.15) is 39.7 Å². The van der Waals surface area contributed by atoms with Crippen molar-refractivity contribution < 1.29 is 0 Å². The zero-order valence-corrected chi connectivity index (χ0v) is 12.0. The van der Waals surface area contributed by atoms with E-state index >= 15 is 0 Å². The summed E-state index contributed by atoms with van der Waals surface area (Å²) in [5.41, 5.74) is 1.71. The Kier molecular flexibility index (Phi) is 5.19. The van der Waals surface area contributed by atoms with Gasteiger partial charge in [-0.15, -0.1) is 0 Å². The quantitative estimate of drug-likeness (QED) is 0.824. The predicted molar refractivity (Wildman–Crippen MR) is 73.0 cm³/mol. The minimum Gasteiger partial charge on any atom is -0.317 e. The molecule has 1 atom stereocenters. The minimum atomic E-state index is 0.365. The molecule has 0 bridgehead atoms. The summed E-state index contributed by atoms with van der Waals surface area (Å²) in [6, 6.07) is 0. The second kappa shape index (κ2) is 6.20. The molecule has 1 aromatic heterocycles. The molecule has 1 aromatic rings. The topological polar surface area (TPSA) is 29.9 Å². The van der Waals surface area contributed by atoms with E-state index in [1.807, 2.05) is 17.9 Å². The molecule has 0 fully saturated rings. The fraction of sp³-hybridized carbons (Fsp3) is 0.786. The number of hydrogen-bond donors (Lipinski definition) is 1. The van der Waals surface area contributed by atoms with E-state index in [0.717, 1.165) is 19.5 Å². The minimum absolute atomic E-state index is 0.365. The Morgan fingerprint density at radius 2 is 2.12 bits per heavy atom. The molecule has 1 heterocycles. The van der Waals surface area contributed by atoms with Crippen molar-refractivity contribution in [1.29, 1.82) is 0 Å². The number of aryl methyl sites for hydroxylation is 2. The summed E-state index contributed by atoms with van der Waals surface area (Å²) in [6.07, 6.45) is 6.45. The van der Waals surface area contributed by atoms with Crippen molar-refractivity contribution in [3.63, 3.8) is 0 Å². The average Bonchev–Trinajstić information content (AvgIpc) is 2.62. The first-order valence-corrected chi connectivity index (χ1v) is 6.61. The molecule has 98 valence electrons. The molecule has 3 nitrogen and oxygen atoms in total. The SMILES string of the molecule is CCNCC(CCc1cnn(C)c1)C(C)(C)C. The lowest BCUT2D eigenvalue weighted by Crippen LogP contribution is -2.32. The van der Waals surface area contributed by atoms with Crippen LogP contribution in [0.25, 0.3) is 0 Å². The average molecular weight is 237 g/mol. The number of aromatic nitrogens is 2. The highest BCUT2D eigenvalue weighted by Gasteiger charge is 2.23. The van der Waals surface area contributed by atoms with Gasteiger partial charge < -0.3 is 5.32 Å². The first kappa shape index (κ1) is 14.2. The van der Waals surface area contributed by atoms with Gasteiger partial charge in [-0.1, -0.05) is 27.7 Å². The predicted octanol–water partition coefficient (Wildman–Crippen LogP) is 2.62. The maximum absolute atomic E-state index is 4.22. The van der Waals surface area contributed by atoms with Crippen molar-refractivity contribution in [2.24, 2.45) is 18.4 Å². The van der Waals surface area contributed by atoms with Gasteiger partial charge in [-0.05, 0) is 42.8 Å². The van der Waals surface area contributed by atoms with E-state index in [0.29, 0.717) is 11.3 Å². The van der Waals surface area contributed by atoms with E-state index in [1.165, 1.54) is 12.0 Å². The third-order valence-electron chi connectivity index (χ3n) is 3.41. The van der Waals surface area contributed by atoms with Crippen LogP contribution in [0.2, 0.25) is 0 Å². The van der Waals surface area contributed by atoms with Gasteiger partial charge >= 0.3 is 0 Å². The maximum Gasteiger partial charge on any atom is 0.0521 e. The van der Waals surface area contributed by atoms with Crippen molar-refractivity contribution >= 4 is 0 Å². The molecule has 0 saturated heterocycles. The van der Waals surface area contributed by atoms with E-state index in [2.05, 4.69) is 44.3 Å². The van der Waals surface area contributed by atoms with Crippen molar-refractivity contribution in [2.75, 3.05) is 13.1 Å². The van der Waals surface area contributed by atoms with Gasteiger partial charge in [-0.2, -0.15) is 5.10 Å². The van der Waals surface area contributed by atoms with Crippen LogP contribution in [0.15, 0.2) is 12.4 Å². The van der Waals surface area contributed by atoms with E-state index in [-0.39, 0.29) is 0 Å². The van der Waals surface area contributed by atoms with E-state index in [4.69, 9.17) is 0 Å². The van der Waals surface area contributed by atoms with Gasteiger partial charge in [0.25, 0.3) is 0 Å². The van der Waals surface area contributed by atoms with Crippen molar-refractivity contribution in [3.8, 4) is 0 Å². The monoisotopic (exact) mass is 237 g/mol. The van der Waals surface area contributed by atoms with Crippen LogP contribution >= 0.6 is 0 Å². The molecule has 0 aromatic carbocycles. The van der Waals surface area contributed by atoms with Gasteiger partial charge in [0.15, 0.2) is 0 Å². The number of nitrogens with zero attached hydrogens (tertiary/aromatic N) is 2. The molecule has 0 aliphatic carbocycles. The lowest BCUT2D eigenvalue weighted by molar-refractivity contribution is 0.220. The smallest absolute Gasteiger partial charge is 0.0521 e. The third-order valence-corrected chi connectivity index (χ3v) is 3.41. The van der Waals surface area contributed by atoms with Crippen LogP contribution in [0, 0.1) is 11.3 Å². The molecule has 1 rings (SSSR count). The molecule has 0 saturated carbocycles. The Hall–Kier alpha value is -0.830. The van der Waals surface area contributed by atoms with Gasteiger partial charge in [0, 0.05) is 13.2 Å². The van der Waals surface area contributed by atoms with Crippen LogP contribution in [0.4, 0.5) is 0 Å². The molecule has 0 radical (unpaired) electrons. The molecule has 0 amide bonds. The fourth-order valence-corrected chi connectivity index (χ4v) is 2.10. The summed E-state index contributed by atoms with van der Waals surface area (Å²) in [6.45, 7) is 11.3. The first-order chi connectivity index (χ1) is 7.93. The highest BCUT2D eigenvalue weighted by atomic mass is 15.2. The van der Waals surface area contributed by atoms with Crippen LogP contribution in [-0.2, 0) is 13.5 Å². The maximum atomic E-state index is 4.22. The highest BCUT2D eigenvalue weighted by molar-refractivity contribution is 5.04.